The molecule has 124 valence electrons. The molecular weight excluding hydrogens is 311 g/mol. The van der Waals surface area contributed by atoms with Gasteiger partial charge in [-0.15, -0.1) is 0 Å². The van der Waals surface area contributed by atoms with Crippen molar-refractivity contribution in [1.29, 1.82) is 0 Å². The molecule has 3 rings (SSSR count). The van der Waals surface area contributed by atoms with Crippen molar-refractivity contribution in [3.63, 3.8) is 0 Å². The molecule has 0 unspecified atom stereocenters. The number of amides is 1. The Hall–Kier alpha value is -2.89. The maximum Gasteiger partial charge on any atom is 0.226 e. The molecule has 6 heteroatoms. The summed E-state index contributed by atoms with van der Waals surface area (Å²) in [6.07, 6.45) is 0.0972. The Balaban J connectivity index is 1.69. The topological polar surface area (TPSA) is 64.4 Å². The molecule has 2 aromatic carbocycles. The van der Waals surface area contributed by atoms with Crippen molar-refractivity contribution in [3.05, 3.63) is 59.5 Å². The maximum atomic E-state index is 13.8. The van der Waals surface area contributed by atoms with Crippen molar-refractivity contribution in [3.8, 4) is 5.75 Å². The number of fused-ring (bicyclic) bond motifs is 1. The molecule has 1 N–H and O–H groups in total. The van der Waals surface area contributed by atoms with Gasteiger partial charge in [-0.25, -0.2) is 4.39 Å². The Morgan fingerprint density at radius 2 is 2.12 bits per heavy atom. The first-order valence-electron chi connectivity index (χ1n) is 7.54. The number of aromatic nitrogens is 1. The van der Waals surface area contributed by atoms with Crippen LogP contribution >= 0.6 is 0 Å². The molecule has 0 radical (unpaired) electrons. The van der Waals surface area contributed by atoms with Gasteiger partial charge in [0.1, 0.15) is 5.69 Å². The first kappa shape index (κ1) is 16.0. The third-order valence-electron chi connectivity index (χ3n) is 3.83. The van der Waals surface area contributed by atoms with Crippen molar-refractivity contribution in [2.75, 3.05) is 7.11 Å². The van der Waals surface area contributed by atoms with Crippen molar-refractivity contribution >= 4 is 16.9 Å². The van der Waals surface area contributed by atoms with Gasteiger partial charge < -0.3 is 14.6 Å². The molecule has 1 heterocycles. The Morgan fingerprint density at radius 1 is 1.33 bits per heavy atom. The van der Waals surface area contributed by atoms with Crippen molar-refractivity contribution in [2.45, 2.75) is 19.4 Å². The molecule has 24 heavy (non-hydrogen) atoms. The minimum atomic E-state index is -0.460. The van der Waals surface area contributed by atoms with Gasteiger partial charge in [-0.2, -0.15) is 0 Å². The molecule has 0 spiro atoms. The zero-order valence-electron chi connectivity index (χ0n) is 13.4. The SMILES string of the molecule is COc1ccc([C@H](C)NC(=O)Cc2noc3ccccc23)cc1F. The van der Waals surface area contributed by atoms with Gasteiger partial charge in [0.2, 0.25) is 5.91 Å². The second-order valence-corrected chi connectivity index (χ2v) is 5.49. The van der Waals surface area contributed by atoms with Crippen LogP contribution in [0, 0.1) is 5.82 Å². The van der Waals surface area contributed by atoms with Crippen LogP contribution in [0.25, 0.3) is 11.0 Å². The van der Waals surface area contributed by atoms with Gasteiger partial charge in [0, 0.05) is 5.39 Å². The standard InChI is InChI=1S/C18H17FN2O3/c1-11(12-7-8-17(23-2)14(19)9-12)20-18(22)10-15-13-5-3-4-6-16(13)24-21-15/h3-9,11H,10H2,1-2H3,(H,20,22)/t11-/m0/s1. The second kappa shape index (κ2) is 6.70. The Labute approximate surface area is 138 Å². The number of benzene rings is 2. The summed E-state index contributed by atoms with van der Waals surface area (Å²) in [5.74, 6) is -0.497. The first-order valence-corrected chi connectivity index (χ1v) is 7.54. The summed E-state index contributed by atoms with van der Waals surface area (Å²) in [4.78, 5) is 12.2. The van der Waals surface area contributed by atoms with E-state index in [4.69, 9.17) is 9.26 Å². The maximum absolute atomic E-state index is 13.8. The number of hydrogen-bond acceptors (Lipinski definition) is 4. The minimum Gasteiger partial charge on any atom is -0.494 e. The predicted molar refractivity (Wildman–Crippen MR) is 87.2 cm³/mol. The number of rotatable bonds is 5. The molecule has 0 fully saturated rings. The smallest absolute Gasteiger partial charge is 0.226 e. The molecule has 1 atom stereocenters. The number of nitrogens with one attached hydrogen (secondary N) is 1. The Bertz CT molecular complexity index is 876. The van der Waals surface area contributed by atoms with Crippen LogP contribution in [0.1, 0.15) is 24.2 Å². The van der Waals surface area contributed by atoms with Crippen LogP contribution in [-0.4, -0.2) is 18.2 Å². The average Bonchev–Trinajstić information content (AvgIpc) is 2.97. The third-order valence-corrected chi connectivity index (χ3v) is 3.83. The van der Waals surface area contributed by atoms with Gasteiger partial charge in [0.05, 0.1) is 19.6 Å². The molecule has 1 amide bonds. The third kappa shape index (κ3) is 3.22. The number of carbonyl (C=O) groups is 1. The van der Waals surface area contributed by atoms with Gasteiger partial charge in [0.25, 0.3) is 0 Å². The lowest BCUT2D eigenvalue weighted by Crippen LogP contribution is -2.28. The van der Waals surface area contributed by atoms with Crippen LogP contribution < -0.4 is 10.1 Å². The van der Waals surface area contributed by atoms with E-state index < -0.39 is 5.82 Å². The number of ether oxygens (including phenoxy) is 1. The summed E-state index contributed by atoms with van der Waals surface area (Å²) >= 11 is 0. The van der Waals surface area contributed by atoms with Gasteiger partial charge in [-0.05, 0) is 36.8 Å². The highest BCUT2D eigenvalue weighted by Gasteiger charge is 2.15. The summed E-state index contributed by atoms with van der Waals surface area (Å²) < 4.78 is 23.8. The summed E-state index contributed by atoms with van der Waals surface area (Å²) in [5.41, 5.74) is 1.88. The van der Waals surface area contributed by atoms with Crippen LogP contribution in [0.15, 0.2) is 47.0 Å². The zero-order valence-corrected chi connectivity index (χ0v) is 13.4. The lowest BCUT2D eigenvalue weighted by Gasteiger charge is -2.15. The van der Waals surface area contributed by atoms with Crippen molar-refractivity contribution < 1.29 is 18.4 Å². The van der Waals surface area contributed by atoms with Crippen LogP contribution in [0.4, 0.5) is 4.39 Å². The summed E-state index contributed by atoms with van der Waals surface area (Å²) in [5, 5.41) is 7.59. The number of para-hydroxylation sites is 1. The highest BCUT2D eigenvalue weighted by atomic mass is 19.1. The van der Waals surface area contributed by atoms with E-state index in [-0.39, 0.29) is 24.1 Å². The van der Waals surface area contributed by atoms with Gasteiger partial charge in [0.15, 0.2) is 17.1 Å². The highest BCUT2D eigenvalue weighted by molar-refractivity contribution is 5.86. The van der Waals surface area contributed by atoms with E-state index in [9.17, 15) is 9.18 Å². The molecule has 0 bridgehead atoms. The Kier molecular flexibility index (Phi) is 4.46. The molecule has 1 aromatic heterocycles. The number of methoxy groups -OCH3 is 1. The first-order chi connectivity index (χ1) is 11.6. The fourth-order valence-corrected chi connectivity index (χ4v) is 2.55. The zero-order chi connectivity index (χ0) is 17.1. The molecule has 0 saturated heterocycles. The van der Waals surface area contributed by atoms with E-state index in [2.05, 4.69) is 10.5 Å². The van der Waals surface area contributed by atoms with E-state index in [1.165, 1.54) is 13.2 Å². The summed E-state index contributed by atoms with van der Waals surface area (Å²) in [6.45, 7) is 1.79. The van der Waals surface area contributed by atoms with E-state index in [1.54, 1.807) is 25.1 Å². The number of carbonyl (C=O) groups excluding carboxylic acids is 1. The monoisotopic (exact) mass is 328 g/mol. The second-order valence-electron chi connectivity index (χ2n) is 5.49. The Morgan fingerprint density at radius 3 is 2.88 bits per heavy atom. The molecule has 3 aromatic rings. The molecule has 0 aliphatic heterocycles. The summed E-state index contributed by atoms with van der Waals surface area (Å²) in [7, 11) is 1.41. The predicted octanol–water partition coefficient (Wildman–Crippen LogP) is 3.40. The number of hydrogen-bond donors (Lipinski definition) is 1. The average molecular weight is 328 g/mol. The van der Waals surface area contributed by atoms with Gasteiger partial charge >= 0.3 is 0 Å². The van der Waals surface area contributed by atoms with Crippen LogP contribution in [-0.2, 0) is 11.2 Å². The normalized spacial score (nSPS) is 12.1. The minimum absolute atomic E-state index is 0.0972. The molecular formula is C18H17FN2O3. The van der Waals surface area contributed by atoms with E-state index in [1.807, 2.05) is 18.2 Å². The summed E-state index contributed by atoms with van der Waals surface area (Å²) in [6, 6.07) is 11.6. The molecule has 0 saturated carbocycles. The lowest BCUT2D eigenvalue weighted by atomic mass is 10.1. The quantitative estimate of drug-likeness (QED) is 0.780. The fraction of sp³-hybridized carbons (Fsp3) is 0.222. The van der Waals surface area contributed by atoms with Crippen molar-refractivity contribution in [2.24, 2.45) is 0 Å². The molecule has 0 aliphatic rings. The lowest BCUT2D eigenvalue weighted by molar-refractivity contribution is -0.121. The fourth-order valence-electron chi connectivity index (χ4n) is 2.55. The van der Waals surface area contributed by atoms with Crippen LogP contribution in [0.2, 0.25) is 0 Å². The largest absolute Gasteiger partial charge is 0.494 e. The number of nitrogens with zero attached hydrogens (tertiary/aromatic N) is 1. The van der Waals surface area contributed by atoms with Gasteiger partial charge in [-0.1, -0.05) is 23.4 Å². The number of halogens is 1. The van der Waals surface area contributed by atoms with E-state index >= 15 is 0 Å². The highest BCUT2D eigenvalue weighted by Crippen LogP contribution is 2.22. The van der Waals surface area contributed by atoms with Crippen LogP contribution in [0.3, 0.4) is 0 Å². The van der Waals surface area contributed by atoms with E-state index in [0.717, 1.165) is 5.39 Å². The van der Waals surface area contributed by atoms with Crippen LogP contribution in [0.5, 0.6) is 5.75 Å². The van der Waals surface area contributed by atoms with E-state index in [0.29, 0.717) is 16.8 Å². The molecule has 5 nitrogen and oxygen atoms in total. The van der Waals surface area contributed by atoms with Gasteiger partial charge in [-0.3, -0.25) is 4.79 Å². The van der Waals surface area contributed by atoms with Crippen molar-refractivity contribution in [1.82, 2.24) is 10.5 Å². The molecule has 0 aliphatic carbocycles.